The van der Waals surface area contributed by atoms with Crippen LogP contribution in [0.1, 0.15) is 92.3 Å². The minimum absolute atomic E-state index is 0.0544. The van der Waals surface area contributed by atoms with Gasteiger partial charge < -0.3 is 9.47 Å². The molecule has 3 aliphatic rings. The quantitative estimate of drug-likeness (QED) is 0.260. The van der Waals surface area contributed by atoms with Crippen molar-refractivity contribution in [1.29, 1.82) is 0 Å². The minimum Gasteiger partial charge on any atom is -0.487 e. The van der Waals surface area contributed by atoms with Crippen LogP contribution in [0.2, 0.25) is 5.02 Å². The molecule has 5 rings (SSSR count). The molecule has 0 radical (unpaired) electrons. The van der Waals surface area contributed by atoms with Crippen molar-refractivity contribution in [2.45, 2.75) is 102 Å². The van der Waals surface area contributed by atoms with Gasteiger partial charge in [-0.25, -0.2) is 13.6 Å². The van der Waals surface area contributed by atoms with Crippen LogP contribution in [-0.4, -0.2) is 34.7 Å². The Kier molecular flexibility index (Phi) is 7.38. The summed E-state index contributed by atoms with van der Waals surface area (Å²) in [6.45, 7) is 5.69. The van der Waals surface area contributed by atoms with Crippen molar-refractivity contribution in [1.82, 2.24) is 4.90 Å². The summed E-state index contributed by atoms with van der Waals surface area (Å²) in [6.07, 6.45) is -0.489. The van der Waals surface area contributed by atoms with Crippen LogP contribution in [0.5, 0.6) is 5.75 Å². The predicted octanol–water partition coefficient (Wildman–Crippen LogP) is 8.04. The van der Waals surface area contributed by atoms with Gasteiger partial charge in [0.2, 0.25) is 0 Å². The van der Waals surface area contributed by atoms with E-state index in [1.807, 2.05) is 0 Å². The molecule has 0 amide bonds. The number of ether oxygens (including phenoxy) is 2. The minimum atomic E-state index is -4.68. The molecule has 2 heterocycles. The van der Waals surface area contributed by atoms with Crippen LogP contribution < -0.4 is 4.74 Å². The third kappa shape index (κ3) is 6.19. The highest BCUT2D eigenvalue weighted by Gasteiger charge is 2.43. The normalized spacial score (nSPS) is 23.7. The Morgan fingerprint density at radius 1 is 1.00 bits per heavy atom. The Morgan fingerprint density at radius 2 is 1.64 bits per heavy atom. The van der Waals surface area contributed by atoms with Gasteiger partial charge in [0.15, 0.2) is 11.6 Å². The summed E-state index contributed by atoms with van der Waals surface area (Å²) in [6, 6.07) is 4.40. The Bertz CT molecular complexity index is 1260. The number of fused-ring (bicyclic) bond motifs is 2. The zero-order valence-corrected chi connectivity index (χ0v) is 22.8. The summed E-state index contributed by atoms with van der Waals surface area (Å²) >= 11 is 5.72. The van der Waals surface area contributed by atoms with E-state index in [0.29, 0.717) is 31.5 Å². The second-order valence-corrected chi connectivity index (χ2v) is 12.3. The summed E-state index contributed by atoms with van der Waals surface area (Å²) in [5.41, 5.74) is -0.0817. The fraction of sp³-hybridized carbons (Fsp3) is 0.552. The van der Waals surface area contributed by atoms with Crippen LogP contribution in [0.3, 0.4) is 0 Å². The van der Waals surface area contributed by atoms with Crippen LogP contribution in [0.4, 0.5) is 22.0 Å². The third-order valence-corrected chi connectivity index (χ3v) is 7.95. The number of hydrogen-bond acceptors (Lipinski definition) is 4. The molecule has 1 aliphatic carbocycles. The molecule has 212 valence electrons. The summed E-state index contributed by atoms with van der Waals surface area (Å²) in [4.78, 5) is 14.9. The molecule has 1 saturated carbocycles. The number of carbonyl (C=O) groups excluding carboxylic acids is 1. The monoisotopic (exact) mass is 571 g/mol. The largest absolute Gasteiger partial charge is 0.487 e. The lowest BCUT2D eigenvalue weighted by molar-refractivity contribution is -0.137. The maximum absolute atomic E-state index is 15.1. The Balaban J connectivity index is 1.32. The summed E-state index contributed by atoms with van der Waals surface area (Å²) in [5, 5.41) is -0.635. The van der Waals surface area contributed by atoms with Gasteiger partial charge in [0.25, 0.3) is 0 Å². The van der Waals surface area contributed by atoms with Crippen LogP contribution in [0.25, 0.3) is 0 Å². The van der Waals surface area contributed by atoms with Gasteiger partial charge in [-0.1, -0.05) is 11.6 Å². The van der Waals surface area contributed by atoms with E-state index in [9.17, 15) is 22.4 Å². The summed E-state index contributed by atoms with van der Waals surface area (Å²) < 4.78 is 80.5. The Labute approximate surface area is 229 Å². The third-order valence-electron chi connectivity index (χ3n) is 7.67. The number of piperidine rings is 1. The SMILES string of the molecule is CC(C)(C)OC(=O)c1cc(C2CC2)c(CN2[C@@H]3CC[C@H]2CC(Oc2cc(C(F)(F)F)cc(Cl)c2F)C3)cc1F. The summed E-state index contributed by atoms with van der Waals surface area (Å²) in [7, 11) is 0. The molecule has 1 unspecified atom stereocenters. The van der Waals surface area contributed by atoms with Gasteiger partial charge in [0.05, 0.1) is 16.1 Å². The standard InChI is InChI=1S/C29H31ClF5NO3/c1-28(2,3)39-27(37)22-13-21(15-4-5-15)16(8-24(22)31)14-36-18-6-7-19(36)12-20(11-18)38-25-10-17(29(33,34)35)9-23(30)26(25)32/h8-10,13,15,18-20H,4-7,11-12,14H2,1-3H3/t18-,19+,20?. The molecule has 2 aliphatic heterocycles. The number of carbonyl (C=O) groups is 1. The molecule has 3 atom stereocenters. The molecule has 4 nitrogen and oxygen atoms in total. The molecule has 0 N–H and O–H groups in total. The second kappa shape index (κ2) is 10.2. The van der Waals surface area contributed by atoms with Crippen molar-refractivity contribution in [3.8, 4) is 5.75 Å². The van der Waals surface area contributed by atoms with Gasteiger partial charge in [0.1, 0.15) is 17.5 Å². The zero-order chi connectivity index (χ0) is 28.3. The molecule has 2 aromatic carbocycles. The second-order valence-electron chi connectivity index (χ2n) is 11.8. The first-order chi connectivity index (χ1) is 18.2. The van der Waals surface area contributed by atoms with Gasteiger partial charge in [-0.2, -0.15) is 13.2 Å². The molecule has 2 aromatic rings. The van der Waals surface area contributed by atoms with E-state index in [-0.39, 0.29) is 23.6 Å². The Morgan fingerprint density at radius 3 is 2.21 bits per heavy atom. The molecule has 2 saturated heterocycles. The molecule has 0 spiro atoms. The van der Waals surface area contributed by atoms with Crippen LogP contribution in [0, 0.1) is 11.6 Å². The van der Waals surface area contributed by atoms with Gasteiger partial charge >= 0.3 is 12.1 Å². The van der Waals surface area contributed by atoms with Gasteiger partial charge in [-0.15, -0.1) is 0 Å². The molecule has 39 heavy (non-hydrogen) atoms. The van der Waals surface area contributed by atoms with E-state index in [4.69, 9.17) is 21.1 Å². The van der Waals surface area contributed by atoms with Crippen LogP contribution in [-0.2, 0) is 17.5 Å². The first-order valence-electron chi connectivity index (χ1n) is 13.2. The fourth-order valence-electron chi connectivity index (χ4n) is 5.80. The molecule has 3 fully saturated rings. The maximum atomic E-state index is 15.1. The van der Waals surface area contributed by atoms with Crippen molar-refractivity contribution in [3.05, 3.63) is 63.2 Å². The number of benzene rings is 2. The van der Waals surface area contributed by atoms with Crippen molar-refractivity contribution in [3.63, 3.8) is 0 Å². The number of nitrogens with zero attached hydrogens (tertiary/aromatic N) is 1. The number of halogens is 6. The molecular formula is C29H31ClF5NO3. The van der Waals surface area contributed by atoms with Gasteiger partial charge in [0, 0.05) is 18.6 Å². The van der Waals surface area contributed by atoms with Crippen molar-refractivity contribution in [2.24, 2.45) is 0 Å². The van der Waals surface area contributed by atoms with Crippen LogP contribution in [0.15, 0.2) is 24.3 Å². The zero-order valence-electron chi connectivity index (χ0n) is 22.0. The Hall–Kier alpha value is -2.39. The van der Waals surface area contributed by atoms with E-state index < -0.39 is 51.8 Å². The van der Waals surface area contributed by atoms with Gasteiger partial charge in [-0.3, -0.25) is 4.90 Å². The van der Waals surface area contributed by atoms with E-state index in [1.165, 1.54) is 6.07 Å². The average Bonchev–Trinajstić information content (AvgIpc) is 3.62. The summed E-state index contributed by atoms with van der Waals surface area (Å²) in [5.74, 6) is -2.54. The number of hydrogen-bond donors (Lipinski definition) is 0. The highest BCUT2D eigenvalue weighted by molar-refractivity contribution is 6.31. The lowest BCUT2D eigenvalue weighted by Gasteiger charge is -2.39. The number of alkyl halides is 3. The highest BCUT2D eigenvalue weighted by atomic mass is 35.5. The van der Waals surface area contributed by atoms with Gasteiger partial charge in [-0.05, 0) is 101 Å². The fourth-order valence-corrected chi connectivity index (χ4v) is 6.01. The van der Waals surface area contributed by atoms with Crippen molar-refractivity contribution < 1.29 is 36.2 Å². The van der Waals surface area contributed by atoms with Crippen molar-refractivity contribution in [2.75, 3.05) is 0 Å². The maximum Gasteiger partial charge on any atom is 0.416 e. The average molecular weight is 572 g/mol. The highest BCUT2D eigenvalue weighted by Crippen LogP contribution is 2.45. The molecule has 2 bridgehead atoms. The first-order valence-corrected chi connectivity index (χ1v) is 13.6. The molecule has 0 aromatic heterocycles. The van der Waals surface area contributed by atoms with Crippen molar-refractivity contribution >= 4 is 17.6 Å². The van der Waals surface area contributed by atoms with E-state index in [2.05, 4.69) is 4.90 Å². The van der Waals surface area contributed by atoms with Crippen LogP contribution >= 0.6 is 11.6 Å². The lowest BCUT2D eigenvalue weighted by atomic mass is 9.95. The lowest BCUT2D eigenvalue weighted by Crippen LogP contribution is -2.46. The molecular weight excluding hydrogens is 541 g/mol. The van der Waals surface area contributed by atoms with E-state index in [1.54, 1.807) is 26.8 Å². The molecule has 10 heteroatoms. The number of esters is 1. The first kappa shape index (κ1) is 28.1. The van der Waals surface area contributed by atoms with E-state index in [0.717, 1.165) is 36.8 Å². The predicted molar refractivity (Wildman–Crippen MR) is 136 cm³/mol. The topological polar surface area (TPSA) is 38.8 Å². The van der Waals surface area contributed by atoms with E-state index >= 15 is 4.39 Å². The number of rotatable bonds is 6. The smallest absolute Gasteiger partial charge is 0.416 e.